The highest BCUT2D eigenvalue weighted by atomic mass is 16.4. The second-order valence-electron chi connectivity index (χ2n) is 4.14. The highest BCUT2D eigenvalue weighted by Gasteiger charge is 2.45. The summed E-state index contributed by atoms with van der Waals surface area (Å²) in [4.78, 5) is 22.8. The average Bonchev–Trinajstić information content (AvgIpc) is 2.57. The zero-order valence-electron chi connectivity index (χ0n) is 8.95. The van der Waals surface area contributed by atoms with Crippen LogP contribution >= 0.6 is 0 Å². The Morgan fingerprint density at radius 2 is 2.19 bits per heavy atom. The summed E-state index contributed by atoms with van der Waals surface area (Å²) in [6.45, 7) is 1.73. The Morgan fingerprint density at radius 1 is 1.50 bits per heavy atom. The highest BCUT2D eigenvalue weighted by Crippen LogP contribution is 2.32. The number of hydrogen-bond donors (Lipinski definition) is 2. The largest absolute Gasteiger partial charge is 0.480 e. The van der Waals surface area contributed by atoms with Crippen LogP contribution < -0.4 is 5.32 Å². The molecule has 5 nitrogen and oxygen atoms in total. The lowest BCUT2D eigenvalue weighted by atomic mass is 9.76. The van der Waals surface area contributed by atoms with E-state index in [1.807, 2.05) is 0 Å². The average molecular weight is 223 g/mol. The van der Waals surface area contributed by atoms with Crippen LogP contribution in [0, 0.1) is 6.92 Å². The van der Waals surface area contributed by atoms with E-state index < -0.39 is 11.5 Å². The van der Waals surface area contributed by atoms with Gasteiger partial charge in [0.1, 0.15) is 17.6 Å². The maximum absolute atomic E-state index is 11.7. The van der Waals surface area contributed by atoms with Crippen molar-refractivity contribution in [2.45, 2.75) is 31.7 Å². The molecule has 1 aromatic rings. The Bertz CT molecular complexity index is 431. The fourth-order valence-corrected chi connectivity index (χ4v) is 1.77. The van der Waals surface area contributed by atoms with E-state index in [0.29, 0.717) is 24.2 Å². The van der Waals surface area contributed by atoms with Crippen LogP contribution in [-0.2, 0) is 4.79 Å². The van der Waals surface area contributed by atoms with Crippen molar-refractivity contribution in [2.75, 3.05) is 0 Å². The first-order valence-corrected chi connectivity index (χ1v) is 5.14. The molecule has 1 heterocycles. The second kappa shape index (κ2) is 3.66. The lowest BCUT2D eigenvalue weighted by molar-refractivity contribution is -0.148. The molecule has 0 unspecified atom stereocenters. The summed E-state index contributed by atoms with van der Waals surface area (Å²) >= 11 is 0. The molecular formula is C11H13NO4. The number of carboxylic acids is 1. The maximum atomic E-state index is 11.7. The van der Waals surface area contributed by atoms with Crippen LogP contribution in [-0.4, -0.2) is 22.5 Å². The van der Waals surface area contributed by atoms with Crippen LogP contribution in [0.3, 0.4) is 0 Å². The van der Waals surface area contributed by atoms with Gasteiger partial charge in [0.15, 0.2) is 0 Å². The molecule has 0 spiro atoms. The van der Waals surface area contributed by atoms with E-state index >= 15 is 0 Å². The third-order valence-corrected chi connectivity index (χ3v) is 2.96. The van der Waals surface area contributed by atoms with Crippen LogP contribution in [0.4, 0.5) is 0 Å². The van der Waals surface area contributed by atoms with Gasteiger partial charge in [-0.3, -0.25) is 4.79 Å². The van der Waals surface area contributed by atoms with Gasteiger partial charge in [-0.2, -0.15) is 0 Å². The molecule has 5 heteroatoms. The van der Waals surface area contributed by atoms with E-state index in [9.17, 15) is 9.59 Å². The third kappa shape index (κ3) is 1.68. The molecule has 2 rings (SSSR count). The number of hydrogen-bond acceptors (Lipinski definition) is 3. The van der Waals surface area contributed by atoms with Gasteiger partial charge in [-0.15, -0.1) is 0 Å². The van der Waals surface area contributed by atoms with E-state index in [-0.39, 0.29) is 5.91 Å². The van der Waals surface area contributed by atoms with E-state index in [0.717, 1.165) is 6.42 Å². The maximum Gasteiger partial charge on any atom is 0.329 e. The summed E-state index contributed by atoms with van der Waals surface area (Å²) in [5.74, 6) is -0.727. The van der Waals surface area contributed by atoms with E-state index in [2.05, 4.69) is 5.32 Å². The number of rotatable bonds is 3. The van der Waals surface area contributed by atoms with Crippen molar-refractivity contribution in [1.82, 2.24) is 5.32 Å². The first kappa shape index (κ1) is 10.7. The SMILES string of the molecule is Cc1cc(C(=O)NC2(C(=O)O)CCC2)co1. The van der Waals surface area contributed by atoms with Crippen LogP contribution in [0.5, 0.6) is 0 Å². The summed E-state index contributed by atoms with van der Waals surface area (Å²) in [6.07, 6.45) is 3.14. The molecule has 0 radical (unpaired) electrons. The normalized spacial score (nSPS) is 17.6. The number of carbonyl (C=O) groups is 2. The van der Waals surface area contributed by atoms with Gasteiger partial charge in [0.05, 0.1) is 5.56 Å². The summed E-state index contributed by atoms with van der Waals surface area (Å²) in [6, 6.07) is 1.59. The van der Waals surface area contributed by atoms with Crippen LogP contribution in [0.2, 0.25) is 0 Å². The molecule has 2 N–H and O–H groups in total. The molecule has 1 aliphatic rings. The van der Waals surface area contributed by atoms with Gasteiger partial charge in [-0.1, -0.05) is 0 Å². The van der Waals surface area contributed by atoms with Crippen LogP contribution in [0.15, 0.2) is 16.7 Å². The fraction of sp³-hybridized carbons (Fsp3) is 0.455. The van der Waals surface area contributed by atoms with E-state index in [1.165, 1.54) is 6.26 Å². The van der Waals surface area contributed by atoms with Crippen molar-refractivity contribution < 1.29 is 19.1 Å². The zero-order chi connectivity index (χ0) is 11.8. The van der Waals surface area contributed by atoms with Gasteiger partial charge in [0, 0.05) is 0 Å². The summed E-state index contributed by atoms with van der Waals surface area (Å²) in [5.41, 5.74) is -0.701. The van der Waals surface area contributed by atoms with Crippen molar-refractivity contribution in [2.24, 2.45) is 0 Å². The number of carboxylic acid groups (broad SMARTS) is 1. The minimum absolute atomic E-state index is 0.366. The molecule has 0 saturated heterocycles. The zero-order valence-corrected chi connectivity index (χ0v) is 8.95. The summed E-state index contributed by atoms with van der Waals surface area (Å²) in [7, 11) is 0. The molecule has 1 amide bonds. The monoisotopic (exact) mass is 223 g/mol. The molecule has 0 bridgehead atoms. The molecule has 1 fully saturated rings. The summed E-state index contributed by atoms with van der Waals surface area (Å²) in [5, 5.41) is 11.6. The van der Waals surface area contributed by atoms with Crippen LogP contribution in [0.25, 0.3) is 0 Å². The van der Waals surface area contributed by atoms with E-state index in [1.54, 1.807) is 13.0 Å². The lowest BCUT2D eigenvalue weighted by Gasteiger charge is -2.38. The fourth-order valence-electron chi connectivity index (χ4n) is 1.77. The molecule has 16 heavy (non-hydrogen) atoms. The standard InChI is InChI=1S/C11H13NO4/c1-7-5-8(6-16-7)9(13)12-11(10(14)15)3-2-4-11/h5-6H,2-4H2,1H3,(H,12,13)(H,14,15). The molecule has 1 saturated carbocycles. The molecule has 0 aliphatic heterocycles. The van der Waals surface area contributed by atoms with Gasteiger partial charge >= 0.3 is 5.97 Å². The minimum Gasteiger partial charge on any atom is -0.480 e. The van der Waals surface area contributed by atoms with Gasteiger partial charge in [-0.25, -0.2) is 4.79 Å². The Hall–Kier alpha value is -1.78. The number of nitrogens with one attached hydrogen (secondary N) is 1. The Balaban J connectivity index is 2.10. The van der Waals surface area contributed by atoms with Crippen molar-refractivity contribution in [1.29, 1.82) is 0 Å². The number of carbonyl (C=O) groups excluding carboxylic acids is 1. The molecule has 1 aromatic heterocycles. The van der Waals surface area contributed by atoms with Crippen molar-refractivity contribution in [3.05, 3.63) is 23.7 Å². The topological polar surface area (TPSA) is 79.5 Å². The molecular weight excluding hydrogens is 210 g/mol. The number of furan rings is 1. The minimum atomic E-state index is -1.07. The first-order chi connectivity index (χ1) is 7.53. The van der Waals surface area contributed by atoms with Gasteiger partial charge in [0.2, 0.25) is 0 Å². The highest BCUT2D eigenvalue weighted by molar-refractivity contribution is 5.98. The molecule has 86 valence electrons. The Kier molecular flexibility index (Phi) is 2.46. The second-order valence-corrected chi connectivity index (χ2v) is 4.14. The Labute approximate surface area is 92.4 Å². The van der Waals surface area contributed by atoms with Gasteiger partial charge < -0.3 is 14.8 Å². The quantitative estimate of drug-likeness (QED) is 0.810. The number of aryl methyl sites for hydroxylation is 1. The van der Waals surface area contributed by atoms with E-state index in [4.69, 9.17) is 9.52 Å². The number of amides is 1. The predicted octanol–water partition coefficient (Wildman–Crippen LogP) is 1.33. The van der Waals surface area contributed by atoms with Crippen molar-refractivity contribution in [3.8, 4) is 0 Å². The molecule has 0 aromatic carbocycles. The van der Waals surface area contributed by atoms with Gasteiger partial charge in [0.25, 0.3) is 5.91 Å². The number of aliphatic carboxylic acids is 1. The van der Waals surface area contributed by atoms with Gasteiger partial charge in [-0.05, 0) is 32.3 Å². The van der Waals surface area contributed by atoms with Crippen molar-refractivity contribution in [3.63, 3.8) is 0 Å². The lowest BCUT2D eigenvalue weighted by Crippen LogP contribution is -2.59. The van der Waals surface area contributed by atoms with Crippen LogP contribution in [0.1, 0.15) is 35.4 Å². The Morgan fingerprint density at radius 3 is 2.56 bits per heavy atom. The predicted molar refractivity (Wildman–Crippen MR) is 55.1 cm³/mol. The smallest absolute Gasteiger partial charge is 0.329 e. The summed E-state index contributed by atoms with van der Waals surface area (Å²) < 4.78 is 5.00. The first-order valence-electron chi connectivity index (χ1n) is 5.14. The molecule has 0 atom stereocenters. The third-order valence-electron chi connectivity index (χ3n) is 2.96. The molecule has 1 aliphatic carbocycles. The van der Waals surface area contributed by atoms with Crippen molar-refractivity contribution >= 4 is 11.9 Å².